The average molecular weight is 278 g/mol. The third-order valence-corrected chi connectivity index (χ3v) is 1.62. The van der Waals surface area contributed by atoms with E-state index < -0.39 is 0 Å². The fourth-order valence-electron chi connectivity index (χ4n) is 0.663. The first-order valence-electron chi connectivity index (χ1n) is 3.18. The molecule has 0 saturated heterocycles. The molecule has 0 fully saturated rings. The second-order valence-electron chi connectivity index (χ2n) is 2.09. The van der Waals surface area contributed by atoms with Crippen LogP contribution in [-0.4, -0.2) is 16.0 Å². The number of carbonyl (C=O) groups excluding carboxylic acids is 1. The number of rotatable bonds is 1. The fourth-order valence-corrected chi connectivity index (χ4v) is 0.798. The molecule has 64 valence electrons. The van der Waals surface area contributed by atoms with Crippen molar-refractivity contribution in [2.75, 3.05) is 5.32 Å². The maximum Gasteiger partial charge on any atom is 0.329 e. The summed E-state index contributed by atoms with van der Waals surface area (Å²) in [5, 5.41) is 2.52. The Morgan fingerprint density at radius 2 is 2.33 bits per heavy atom. The molecule has 1 aromatic rings. The molecule has 0 bridgehead atoms. The van der Waals surface area contributed by atoms with Gasteiger partial charge >= 0.3 is 6.03 Å². The number of carbonyl (C=O) groups is 1. The maximum atomic E-state index is 10.8. The smallest absolute Gasteiger partial charge is 0.292 e. The Balaban J connectivity index is 2.69. The number of aryl methyl sites for hydroxylation is 1. The normalized spacial score (nSPS) is 9.17. The lowest BCUT2D eigenvalue weighted by molar-refractivity contribution is 0.258. The van der Waals surface area contributed by atoms with Gasteiger partial charge in [-0.25, -0.2) is 14.8 Å². The lowest BCUT2D eigenvalue weighted by Crippen LogP contribution is -2.20. The van der Waals surface area contributed by atoms with Crippen molar-refractivity contribution in [3.63, 3.8) is 0 Å². The van der Waals surface area contributed by atoms with Crippen molar-refractivity contribution in [2.24, 2.45) is 0 Å². The van der Waals surface area contributed by atoms with Gasteiger partial charge in [0.2, 0.25) is 0 Å². The van der Waals surface area contributed by atoms with Crippen LogP contribution in [-0.2, 0) is 0 Å². The summed E-state index contributed by atoms with van der Waals surface area (Å²) >= 11 is 1.74. The minimum absolute atomic E-state index is 0.297. The van der Waals surface area contributed by atoms with Crippen LogP contribution < -0.4 is 8.85 Å². The van der Waals surface area contributed by atoms with E-state index in [1.807, 2.05) is 6.92 Å². The molecule has 0 aliphatic heterocycles. The first-order valence-corrected chi connectivity index (χ1v) is 4.26. The van der Waals surface area contributed by atoms with Gasteiger partial charge in [-0.05, 0) is 6.92 Å². The molecule has 0 radical (unpaired) electrons. The number of anilines is 1. The highest BCUT2D eigenvalue weighted by Gasteiger charge is 1.99. The van der Waals surface area contributed by atoms with E-state index in [2.05, 4.69) is 18.8 Å². The van der Waals surface area contributed by atoms with E-state index in [9.17, 15) is 4.79 Å². The first kappa shape index (κ1) is 9.17. The predicted molar refractivity (Wildman–Crippen MR) is 52.9 cm³/mol. The topological polar surface area (TPSA) is 66.9 Å². The first-order chi connectivity index (χ1) is 5.72. The average Bonchev–Trinajstić information content (AvgIpc) is 2.04. The molecular formula is C6H7IN4O. The van der Waals surface area contributed by atoms with Crippen LogP contribution in [0, 0.1) is 6.92 Å². The molecule has 12 heavy (non-hydrogen) atoms. The molecule has 0 aliphatic rings. The van der Waals surface area contributed by atoms with Crippen molar-refractivity contribution in [2.45, 2.75) is 6.92 Å². The van der Waals surface area contributed by atoms with Gasteiger partial charge in [-0.3, -0.25) is 8.85 Å². The highest BCUT2D eigenvalue weighted by atomic mass is 127. The van der Waals surface area contributed by atoms with Crippen LogP contribution in [0.25, 0.3) is 0 Å². The van der Waals surface area contributed by atoms with Crippen LogP contribution >= 0.6 is 22.9 Å². The Hall–Kier alpha value is -0.920. The molecular weight excluding hydrogens is 271 g/mol. The zero-order valence-corrected chi connectivity index (χ0v) is 8.49. The number of nitrogens with zero attached hydrogens (tertiary/aromatic N) is 2. The summed E-state index contributed by atoms with van der Waals surface area (Å²) in [6.07, 6.45) is 1.40. The van der Waals surface area contributed by atoms with Crippen molar-refractivity contribution in [3.05, 3.63) is 18.1 Å². The standard InChI is InChI=1S/C6H7IN4O/c1-4-2-5(9-3-8-4)10-6(12)11-7/h2-3H,1H3,(H2,8,9,10,11,12). The Kier molecular flexibility index (Phi) is 3.20. The van der Waals surface area contributed by atoms with Crippen molar-refractivity contribution in [1.29, 1.82) is 0 Å². The van der Waals surface area contributed by atoms with Gasteiger partial charge in [0.1, 0.15) is 12.1 Å². The molecule has 0 spiro atoms. The molecule has 1 rings (SSSR count). The zero-order valence-electron chi connectivity index (χ0n) is 6.34. The molecule has 0 unspecified atom stereocenters. The van der Waals surface area contributed by atoms with E-state index in [-0.39, 0.29) is 6.03 Å². The highest BCUT2D eigenvalue weighted by molar-refractivity contribution is 14.1. The second kappa shape index (κ2) is 4.19. The summed E-state index contributed by atoms with van der Waals surface area (Å²) in [5.74, 6) is 0.497. The van der Waals surface area contributed by atoms with Gasteiger partial charge in [-0.2, -0.15) is 0 Å². The summed E-state index contributed by atoms with van der Waals surface area (Å²) in [5.41, 5.74) is 0.814. The van der Waals surface area contributed by atoms with Crippen LogP contribution in [0.15, 0.2) is 12.4 Å². The third-order valence-electron chi connectivity index (χ3n) is 1.13. The molecule has 1 heterocycles. The molecule has 6 heteroatoms. The molecule has 2 amide bonds. The number of hydrogen-bond donors (Lipinski definition) is 2. The molecule has 1 aromatic heterocycles. The van der Waals surface area contributed by atoms with Crippen molar-refractivity contribution in [3.8, 4) is 0 Å². The lowest BCUT2D eigenvalue weighted by atomic mass is 10.4. The third kappa shape index (κ3) is 2.61. The number of amides is 2. The van der Waals surface area contributed by atoms with Crippen LogP contribution in [0.2, 0.25) is 0 Å². The Labute approximate surface area is 83.5 Å². The van der Waals surface area contributed by atoms with Crippen LogP contribution in [0.3, 0.4) is 0 Å². The van der Waals surface area contributed by atoms with E-state index in [1.165, 1.54) is 6.33 Å². The Bertz CT molecular complexity index is 291. The Morgan fingerprint density at radius 3 is 2.92 bits per heavy atom. The maximum absolute atomic E-state index is 10.8. The highest BCUT2D eigenvalue weighted by Crippen LogP contribution is 2.01. The molecule has 2 N–H and O–H groups in total. The number of hydrogen-bond acceptors (Lipinski definition) is 3. The minimum Gasteiger partial charge on any atom is -0.292 e. The van der Waals surface area contributed by atoms with Crippen molar-refractivity contribution in [1.82, 2.24) is 13.5 Å². The lowest BCUT2D eigenvalue weighted by Gasteiger charge is -2.01. The van der Waals surface area contributed by atoms with Gasteiger partial charge < -0.3 is 0 Å². The van der Waals surface area contributed by atoms with Gasteiger partial charge in [-0.1, -0.05) is 0 Å². The van der Waals surface area contributed by atoms with Crippen LogP contribution in [0.5, 0.6) is 0 Å². The molecule has 0 aliphatic carbocycles. The van der Waals surface area contributed by atoms with E-state index in [4.69, 9.17) is 0 Å². The van der Waals surface area contributed by atoms with Gasteiger partial charge in [0.15, 0.2) is 0 Å². The van der Waals surface area contributed by atoms with Gasteiger partial charge in [0, 0.05) is 11.8 Å². The zero-order chi connectivity index (χ0) is 8.97. The van der Waals surface area contributed by atoms with Crippen LogP contribution in [0.4, 0.5) is 10.6 Å². The number of urea groups is 1. The van der Waals surface area contributed by atoms with E-state index in [0.29, 0.717) is 5.82 Å². The summed E-state index contributed by atoms with van der Waals surface area (Å²) < 4.78 is 2.39. The molecule has 5 nitrogen and oxygen atoms in total. The van der Waals surface area contributed by atoms with E-state index in [1.54, 1.807) is 28.9 Å². The van der Waals surface area contributed by atoms with E-state index >= 15 is 0 Å². The predicted octanol–water partition coefficient (Wildman–Crippen LogP) is 1.26. The number of halogens is 1. The molecule has 0 saturated carbocycles. The van der Waals surface area contributed by atoms with Crippen molar-refractivity contribution >= 4 is 34.7 Å². The number of aromatic nitrogens is 2. The monoisotopic (exact) mass is 278 g/mol. The SMILES string of the molecule is Cc1cc(NC(=O)NI)ncn1. The minimum atomic E-state index is -0.297. The van der Waals surface area contributed by atoms with Gasteiger partial charge in [0.05, 0.1) is 22.9 Å². The van der Waals surface area contributed by atoms with Gasteiger partial charge in [0.25, 0.3) is 0 Å². The summed E-state index contributed by atoms with van der Waals surface area (Å²) in [6.45, 7) is 1.83. The largest absolute Gasteiger partial charge is 0.329 e. The molecule has 0 aromatic carbocycles. The van der Waals surface area contributed by atoms with Crippen molar-refractivity contribution < 1.29 is 4.79 Å². The van der Waals surface area contributed by atoms with Gasteiger partial charge in [-0.15, -0.1) is 0 Å². The Morgan fingerprint density at radius 1 is 1.58 bits per heavy atom. The summed E-state index contributed by atoms with van der Waals surface area (Å²) in [6, 6.07) is 1.39. The fraction of sp³-hybridized carbons (Fsp3) is 0.167. The van der Waals surface area contributed by atoms with Crippen LogP contribution in [0.1, 0.15) is 5.69 Å². The quantitative estimate of drug-likeness (QED) is 0.600. The molecule has 0 atom stereocenters. The summed E-state index contributed by atoms with van der Waals surface area (Å²) in [7, 11) is 0. The number of nitrogens with one attached hydrogen (secondary N) is 2. The van der Waals surface area contributed by atoms with E-state index in [0.717, 1.165) is 5.69 Å². The summed E-state index contributed by atoms with van der Waals surface area (Å²) in [4.78, 5) is 18.5. The second-order valence-corrected chi connectivity index (χ2v) is 2.63.